The van der Waals surface area contributed by atoms with Crippen LogP contribution < -0.4 is 4.74 Å². The number of hydrogen-bond donors (Lipinski definition) is 1. The van der Waals surface area contributed by atoms with Crippen molar-refractivity contribution in [2.24, 2.45) is 0 Å². The van der Waals surface area contributed by atoms with Gasteiger partial charge in [-0.15, -0.1) is 0 Å². The summed E-state index contributed by atoms with van der Waals surface area (Å²) >= 11 is 0. The number of hydrogen-bond acceptors (Lipinski definition) is 6. The second-order valence-corrected chi connectivity index (χ2v) is 4.90. The van der Waals surface area contributed by atoms with Gasteiger partial charge >= 0.3 is 0 Å². The van der Waals surface area contributed by atoms with Crippen LogP contribution >= 0.6 is 0 Å². The van der Waals surface area contributed by atoms with E-state index in [2.05, 4.69) is 4.98 Å². The molecule has 1 aromatic carbocycles. The first kappa shape index (κ1) is 13.7. The summed E-state index contributed by atoms with van der Waals surface area (Å²) in [5.41, 5.74) is 0.422. The number of non-ortho nitro benzene ring substituents is 1. The SMILES string of the molecule is COC1C(O)CC1Oc1ccc([N+](=O)[O-])c2cccnc12. The van der Waals surface area contributed by atoms with E-state index in [1.165, 1.54) is 19.2 Å². The Balaban J connectivity index is 1.97. The topological polar surface area (TPSA) is 94.7 Å². The molecule has 0 bridgehead atoms. The van der Waals surface area contributed by atoms with E-state index in [1.807, 2.05) is 0 Å². The summed E-state index contributed by atoms with van der Waals surface area (Å²) in [5, 5.41) is 21.0. The number of aliphatic hydroxyl groups is 1. The van der Waals surface area contributed by atoms with Gasteiger partial charge in [-0.2, -0.15) is 0 Å². The van der Waals surface area contributed by atoms with Crippen molar-refractivity contribution in [1.82, 2.24) is 4.98 Å². The lowest BCUT2D eigenvalue weighted by atomic mass is 9.88. The van der Waals surface area contributed by atoms with E-state index in [4.69, 9.17) is 9.47 Å². The average Bonchev–Trinajstić information content (AvgIpc) is 2.46. The Morgan fingerprint density at radius 2 is 2.24 bits per heavy atom. The third-order valence-corrected chi connectivity index (χ3v) is 3.68. The van der Waals surface area contributed by atoms with Gasteiger partial charge in [0.05, 0.1) is 16.4 Å². The molecule has 0 radical (unpaired) electrons. The predicted molar refractivity (Wildman–Crippen MR) is 74.2 cm³/mol. The van der Waals surface area contributed by atoms with Gasteiger partial charge in [0.2, 0.25) is 0 Å². The van der Waals surface area contributed by atoms with Crippen LogP contribution in [0.1, 0.15) is 6.42 Å². The van der Waals surface area contributed by atoms with Gasteiger partial charge in [0, 0.05) is 25.8 Å². The lowest BCUT2D eigenvalue weighted by Crippen LogP contribution is -2.54. The van der Waals surface area contributed by atoms with Crippen LogP contribution in [0, 0.1) is 10.1 Å². The molecule has 1 heterocycles. The van der Waals surface area contributed by atoms with Gasteiger partial charge in [0.25, 0.3) is 5.69 Å². The molecule has 3 rings (SSSR count). The highest BCUT2D eigenvalue weighted by Crippen LogP contribution is 2.35. The van der Waals surface area contributed by atoms with Crippen molar-refractivity contribution >= 4 is 16.6 Å². The van der Waals surface area contributed by atoms with E-state index in [0.29, 0.717) is 23.1 Å². The summed E-state index contributed by atoms with van der Waals surface area (Å²) in [4.78, 5) is 14.8. The van der Waals surface area contributed by atoms with E-state index < -0.39 is 11.0 Å². The number of pyridine rings is 1. The van der Waals surface area contributed by atoms with Gasteiger partial charge in [0.1, 0.15) is 23.5 Å². The van der Waals surface area contributed by atoms with Crippen molar-refractivity contribution in [2.45, 2.75) is 24.7 Å². The molecule has 0 amide bonds. The summed E-state index contributed by atoms with van der Waals surface area (Å²) < 4.78 is 11.0. The number of benzene rings is 1. The highest BCUT2D eigenvalue weighted by molar-refractivity contribution is 5.92. The van der Waals surface area contributed by atoms with Crippen LogP contribution in [0.2, 0.25) is 0 Å². The molecule has 0 aliphatic heterocycles. The van der Waals surface area contributed by atoms with Gasteiger partial charge in [-0.05, 0) is 18.2 Å². The Kier molecular flexibility index (Phi) is 3.44. The molecule has 1 aliphatic carbocycles. The maximum atomic E-state index is 11.0. The number of fused-ring (bicyclic) bond motifs is 1. The van der Waals surface area contributed by atoms with E-state index >= 15 is 0 Å². The minimum absolute atomic E-state index is 0.0117. The Bertz CT molecular complexity index is 690. The number of nitrogens with zero attached hydrogens (tertiary/aromatic N) is 2. The van der Waals surface area contributed by atoms with Crippen molar-refractivity contribution < 1.29 is 19.5 Å². The number of nitro groups is 1. The van der Waals surface area contributed by atoms with Crippen LogP contribution in [0.5, 0.6) is 5.75 Å². The molecular formula is C14H14N2O5. The fourth-order valence-corrected chi connectivity index (χ4v) is 2.53. The van der Waals surface area contributed by atoms with Gasteiger partial charge in [-0.25, -0.2) is 0 Å². The second-order valence-electron chi connectivity index (χ2n) is 4.90. The number of aliphatic hydroxyl groups excluding tert-OH is 1. The Labute approximate surface area is 120 Å². The normalized spacial score (nSPS) is 24.6. The third kappa shape index (κ3) is 2.30. The summed E-state index contributed by atoms with van der Waals surface area (Å²) in [5.74, 6) is 0.454. The molecule has 0 spiro atoms. The molecule has 110 valence electrons. The minimum atomic E-state index is -0.544. The zero-order chi connectivity index (χ0) is 15.0. The fourth-order valence-electron chi connectivity index (χ4n) is 2.53. The van der Waals surface area contributed by atoms with Crippen molar-refractivity contribution in [3.05, 3.63) is 40.6 Å². The minimum Gasteiger partial charge on any atom is -0.485 e. The number of ether oxygens (including phenoxy) is 2. The summed E-state index contributed by atoms with van der Waals surface area (Å²) in [7, 11) is 1.51. The van der Waals surface area contributed by atoms with E-state index in [9.17, 15) is 15.2 Å². The number of methoxy groups -OCH3 is 1. The smallest absolute Gasteiger partial charge is 0.279 e. The molecule has 3 unspecified atom stereocenters. The van der Waals surface area contributed by atoms with Gasteiger partial charge in [-0.3, -0.25) is 15.1 Å². The molecule has 1 aromatic heterocycles. The first-order chi connectivity index (χ1) is 10.1. The van der Waals surface area contributed by atoms with Crippen LogP contribution in [0.3, 0.4) is 0 Å². The standard InChI is InChI=1S/C14H14N2O5/c1-20-14-10(17)7-12(14)21-11-5-4-9(16(18)19)8-3-2-6-15-13(8)11/h2-6,10,12,14,17H,7H2,1H3. The molecule has 1 saturated carbocycles. The highest BCUT2D eigenvalue weighted by atomic mass is 16.6. The summed E-state index contributed by atoms with van der Waals surface area (Å²) in [6.07, 6.45) is 0.805. The maximum Gasteiger partial charge on any atom is 0.279 e. The molecule has 21 heavy (non-hydrogen) atoms. The van der Waals surface area contributed by atoms with E-state index in [-0.39, 0.29) is 17.9 Å². The lowest BCUT2D eigenvalue weighted by Gasteiger charge is -2.40. The molecule has 7 heteroatoms. The molecule has 0 saturated heterocycles. The zero-order valence-corrected chi connectivity index (χ0v) is 11.3. The Morgan fingerprint density at radius 1 is 1.43 bits per heavy atom. The molecule has 1 aliphatic rings. The largest absolute Gasteiger partial charge is 0.485 e. The van der Waals surface area contributed by atoms with Crippen molar-refractivity contribution in [3.8, 4) is 5.75 Å². The van der Waals surface area contributed by atoms with Gasteiger partial charge in [-0.1, -0.05) is 0 Å². The van der Waals surface area contributed by atoms with Crippen molar-refractivity contribution in [1.29, 1.82) is 0 Å². The van der Waals surface area contributed by atoms with Crippen LogP contribution in [0.4, 0.5) is 5.69 Å². The van der Waals surface area contributed by atoms with E-state index in [1.54, 1.807) is 18.3 Å². The predicted octanol–water partition coefficient (Wildman–Crippen LogP) is 1.67. The second kappa shape index (κ2) is 5.27. The summed E-state index contributed by atoms with van der Waals surface area (Å²) in [6, 6.07) is 6.21. The molecule has 2 aromatic rings. The fraction of sp³-hybridized carbons (Fsp3) is 0.357. The van der Waals surface area contributed by atoms with Gasteiger partial charge in [0.15, 0.2) is 0 Å². The molecular weight excluding hydrogens is 276 g/mol. The van der Waals surface area contributed by atoms with Crippen LogP contribution in [-0.4, -0.2) is 40.4 Å². The Hall–Kier alpha value is -2.25. The van der Waals surface area contributed by atoms with Gasteiger partial charge < -0.3 is 14.6 Å². The number of aromatic nitrogens is 1. The Morgan fingerprint density at radius 3 is 2.90 bits per heavy atom. The summed E-state index contributed by atoms with van der Waals surface area (Å²) in [6.45, 7) is 0. The highest BCUT2D eigenvalue weighted by Gasteiger charge is 2.42. The van der Waals surface area contributed by atoms with E-state index in [0.717, 1.165) is 0 Å². The van der Waals surface area contributed by atoms with Crippen LogP contribution in [0.15, 0.2) is 30.5 Å². The molecule has 7 nitrogen and oxygen atoms in total. The average molecular weight is 290 g/mol. The zero-order valence-electron chi connectivity index (χ0n) is 11.3. The quantitative estimate of drug-likeness (QED) is 0.680. The van der Waals surface area contributed by atoms with Crippen LogP contribution in [-0.2, 0) is 4.74 Å². The molecule has 1 fully saturated rings. The molecule has 3 atom stereocenters. The number of nitro benzene ring substituents is 1. The third-order valence-electron chi connectivity index (χ3n) is 3.68. The lowest BCUT2D eigenvalue weighted by molar-refractivity contribution is -0.383. The maximum absolute atomic E-state index is 11.0. The first-order valence-corrected chi connectivity index (χ1v) is 6.51. The van der Waals surface area contributed by atoms with Crippen molar-refractivity contribution in [2.75, 3.05) is 7.11 Å². The monoisotopic (exact) mass is 290 g/mol. The first-order valence-electron chi connectivity index (χ1n) is 6.51. The van der Waals surface area contributed by atoms with Crippen molar-refractivity contribution in [3.63, 3.8) is 0 Å². The molecule has 1 N–H and O–H groups in total. The number of rotatable bonds is 4. The van der Waals surface area contributed by atoms with Crippen LogP contribution in [0.25, 0.3) is 10.9 Å².